The van der Waals surface area contributed by atoms with Crippen LogP contribution in [0.5, 0.6) is 11.5 Å². The molecule has 0 aliphatic heterocycles. The zero-order valence-corrected chi connectivity index (χ0v) is 22.1. The number of fused-ring (bicyclic) bond motifs is 1. The lowest BCUT2D eigenvalue weighted by Gasteiger charge is -2.18. The number of benzene rings is 3. The van der Waals surface area contributed by atoms with Gasteiger partial charge in [0.25, 0.3) is 5.56 Å². The van der Waals surface area contributed by atoms with Crippen LogP contribution in [0.25, 0.3) is 22.3 Å². The molecule has 6 nitrogen and oxygen atoms in total. The van der Waals surface area contributed by atoms with E-state index in [0.29, 0.717) is 29.1 Å². The van der Waals surface area contributed by atoms with Gasteiger partial charge in [-0.25, -0.2) is 4.98 Å². The number of aryl methyl sites for hydroxylation is 1. The van der Waals surface area contributed by atoms with Crippen LogP contribution in [0.2, 0.25) is 0 Å². The van der Waals surface area contributed by atoms with E-state index >= 15 is 0 Å². The van der Waals surface area contributed by atoms with Gasteiger partial charge < -0.3 is 9.47 Å². The second-order valence-electron chi connectivity index (χ2n) is 8.49. The molecule has 0 unspecified atom stereocenters. The lowest BCUT2D eigenvalue weighted by Crippen LogP contribution is -2.21. The Balaban J connectivity index is 1.99. The molecule has 1 aromatic heterocycles. The van der Waals surface area contributed by atoms with E-state index < -0.39 is 0 Å². The maximum Gasteiger partial charge on any atom is 0.282 e. The van der Waals surface area contributed by atoms with Crippen LogP contribution in [0.4, 0.5) is 0 Å². The van der Waals surface area contributed by atoms with E-state index in [2.05, 4.69) is 40.9 Å². The topological polar surface area (TPSA) is 65.7 Å². The Morgan fingerprint density at radius 3 is 2.60 bits per heavy atom. The summed E-state index contributed by atoms with van der Waals surface area (Å²) in [5, 5.41) is 5.11. The van der Waals surface area contributed by atoms with E-state index in [1.54, 1.807) is 19.4 Å². The Kier molecular flexibility index (Phi) is 7.36. The van der Waals surface area contributed by atoms with Crippen LogP contribution in [0.3, 0.4) is 0 Å². The SMILES string of the molecule is CCOc1cc(C)c(-c2nc3ccccc3c(=O)n2N=Cc2cc(Br)ccc2OC)cc1C(C)C. The highest BCUT2D eigenvalue weighted by molar-refractivity contribution is 9.10. The van der Waals surface area contributed by atoms with Crippen molar-refractivity contribution >= 4 is 33.0 Å². The van der Waals surface area contributed by atoms with E-state index in [1.165, 1.54) is 4.68 Å². The maximum absolute atomic E-state index is 13.6. The van der Waals surface area contributed by atoms with Gasteiger partial charge in [-0.05, 0) is 73.4 Å². The van der Waals surface area contributed by atoms with Gasteiger partial charge in [0.1, 0.15) is 11.5 Å². The predicted octanol–water partition coefficient (Wildman–Crippen LogP) is 6.55. The number of hydrogen-bond acceptors (Lipinski definition) is 5. The highest BCUT2D eigenvalue weighted by atomic mass is 79.9. The van der Waals surface area contributed by atoms with Gasteiger partial charge in [0.15, 0.2) is 5.82 Å². The zero-order valence-electron chi connectivity index (χ0n) is 20.5. The van der Waals surface area contributed by atoms with E-state index in [9.17, 15) is 4.79 Å². The molecule has 0 N–H and O–H groups in total. The van der Waals surface area contributed by atoms with Gasteiger partial charge in [0.05, 0.1) is 30.8 Å². The number of hydrogen-bond donors (Lipinski definition) is 0. The third-order valence-electron chi connectivity index (χ3n) is 5.78. The van der Waals surface area contributed by atoms with Crippen molar-refractivity contribution in [2.24, 2.45) is 5.10 Å². The second kappa shape index (κ2) is 10.4. The van der Waals surface area contributed by atoms with Gasteiger partial charge in [0, 0.05) is 15.6 Å². The van der Waals surface area contributed by atoms with E-state index in [-0.39, 0.29) is 11.5 Å². The number of methoxy groups -OCH3 is 1. The third kappa shape index (κ3) is 5.00. The van der Waals surface area contributed by atoms with Crippen molar-refractivity contribution in [3.8, 4) is 22.9 Å². The lowest BCUT2D eigenvalue weighted by molar-refractivity contribution is 0.335. The largest absolute Gasteiger partial charge is 0.496 e. The minimum Gasteiger partial charge on any atom is -0.496 e. The summed E-state index contributed by atoms with van der Waals surface area (Å²) >= 11 is 3.49. The number of rotatable bonds is 7. The first kappa shape index (κ1) is 24.7. The Morgan fingerprint density at radius 2 is 1.89 bits per heavy atom. The highest BCUT2D eigenvalue weighted by Gasteiger charge is 2.18. The van der Waals surface area contributed by atoms with Gasteiger partial charge in [-0.3, -0.25) is 4.79 Å². The predicted molar refractivity (Wildman–Crippen MR) is 145 cm³/mol. The summed E-state index contributed by atoms with van der Waals surface area (Å²) in [7, 11) is 1.60. The van der Waals surface area contributed by atoms with Crippen molar-refractivity contribution in [2.45, 2.75) is 33.6 Å². The first-order chi connectivity index (χ1) is 16.8. The van der Waals surface area contributed by atoms with E-state index in [4.69, 9.17) is 14.5 Å². The minimum atomic E-state index is -0.241. The first-order valence-corrected chi connectivity index (χ1v) is 12.3. The first-order valence-electron chi connectivity index (χ1n) is 11.5. The molecule has 0 spiro atoms. The molecule has 0 saturated carbocycles. The van der Waals surface area contributed by atoms with Crippen molar-refractivity contribution < 1.29 is 9.47 Å². The standard InChI is InChI=1S/C28H28BrN3O3/c1-6-35-26-13-18(4)23(15-22(26)17(2)3)27-31-24-10-8-7-9-21(24)28(33)32(27)30-16-19-14-20(29)11-12-25(19)34-5/h7-17H,6H2,1-5H3. The quantitative estimate of drug-likeness (QED) is 0.252. The van der Waals surface area contributed by atoms with Crippen LogP contribution >= 0.6 is 15.9 Å². The van der Waals surface area contributed by atoms with Crippen molar-refractivity contribution in [1.29, 1.82) is 0 Å². The molecule has 0 aliphatic rings. The van der Waals surface area contributed by atoms with Crippen LogP contribution in [-0.2, 0) is 0 Å². The van der Waals surface area contributed by atoms with Gasteiger partial charge in [-0.2, -0.15) is 9.78 Å². The number of nitrogens with zero attached hydrogens (tertiary/aromatic N) is 3. The summed E-state index contributed by atoms with van der Waals surface area (Å²) in [6, 6.07) is 17.0. The fourth-order valence-corrected chi connectivity index (χ4v) is 4.38. The van der Waals surface area contributed by atoms with Crippen LogP contribution in [-0.4, -0.2) is 29.6 Å². The molecule has 1 heterocycles. The fraction of sp³-hybridized carbons (Fsp3) is 0.250. The molecule has 0 aliphatic carbocycles. The van der Waals surface area contributed by atoms with Crippen molar-refractivity contribution in [3.63, 3.8) is 0 Å². The van der Waals surface area contributed by atoms with Gasteiger partial charge in [-0.1, -0.05) is 41.9 Å². The van der Waals surface area contributed by atoms with E-state index in [1.807, 2.05) is 56.3 Å². The molecule has 0 amide bonds. The molecular weight excluding hydrogens is 506 g/mol. The summed E-state index contributed by atoms with van der Waals surface area (Å²) in [4.78, 5) is 18.5. The molecule has 0 radical (unpaired) electrons. The molecule has 4 aromatic rings. The van der Waals surface area contributed by atoms with Crippen LogP contribution in [0.15, 0.2) is 69.0 Å². The number of para-hydroxylation sites is 1. The minimum absolute atomic E-state index is 0.228. The summed E-state index contributed by atoms with van der Waals surface area (Å²) in [5.74, 6) is 2.20. The normalized spacial score (nSPS) is 11.5. The Morgan fingerprint density at radius 1 is 1.11 bits per heavy atom. The Hall–Kier alpha value is -3.45. The monoisotopic (exact) mass is 533 g/mol. The highest BCUT2D eigenvalue weighted by Crippen LogP contribution is 2.34. The second-order valence-corrected chi connectivity index (χ2v) is 9.41. The Bertz CT molecular complexity index is 1470. The molecular formula is C28H28BrN3O3. The summed E-state index contributed by atoms with van der Waals surface area (Å²) < 4.78 is 13.6. The maximum atomic E-state index is 13.6. The summed E-state index contributed by atoms with van der Waals surface area (Å²) in [5.41, 5.74) is 3.95. The Labute approximate surface area is 213 Å². The smallest absolute Gasteiger partial charge is 0.282 e. The molecule has 0 saturated heterocycles. The molecule has 7 heteroatoms. The number of aromatic nitrogens is 2. The van der Waals surface area contributed by atoms with Gasteiger partial charge in [0.2, 0.25) is 0 Å². The molecule has 180 valence electrons. The average Bonchev–Trinajstić information content (AvgIpc) is 2.83. The summed E-state index contributed by atoms with van der Waals surface area (Å²) in [6.07, 6.45) is 1.62. The molecule has 0 bridgehead atoms. The summed E-state index contributed by atoms with van der Waals surface area (Å²) in [6.45, 7) is 8.79. The van der Waals surface area contributed by atoms with Crippen molar-refractivity contribution in [3.05, 3.63) is 86.1 Å². The van der Waals surface area contributed by atoms with Gasteiger partial charge >= 0.3 is 0 Å². The van der Waals surface area contributed by atoms with Crippen LogP contribution in [0, 0.1) is 6.92 Å². The van der Waals surface area contributed by atoms with Crippen LogP contribution < -0.4 is 15.0 Å². The fourth-order valence-electron chi connectivity index (χ4n) is 4.00. The van der Waals surface area contributed by atoms with Crippen LogP contribution in [0.1, 0.15) is 43.4 Å². The van der Waals surface area contributed by atoms with Crippen molar-refractivity contribution in [2.75, 3.05) is 13.7 Å². The molecule has 35 heavy (non-hydrogen) atoms. The number of ether oxygens (including phenoxy) is 2. The van der Waals surface area contributed by atoms with E-state index in [0.717, 1.165) is 32.5 Å². The number of halogens is 1. The average molecular weight is 534 g/mol. The van der Waals surface area contributed by atoms with Gasteiger partial charge in [-0.15, -0.1) is 0 Å². The van der Waals surface area contributed by atoms with Crippen molar-refractivity contribution in [1.82, 2.24) is 9.66 Å². The molecule has 4 rings (SSSR count). The molecule has 3 aromatic carbocycles. The molecule has 0 fully saturated rings. The molecule has 0 atom stereocenters. The lowest BCUT2D eigenvalue weighted by atomic mass is 9.96. The third-order valence-corrected chi connectivity index (χ3v) is 6.27. The zero-order chi connectivity index (χ0) is 25.1.